The molecule has 0 radical (unpaired) electrons. The maximum absolute atomic E-state index is 11.8. The summed E-state index contributed by atoms with van der Waals surface area (Å²) in [5.74, 6) is -1.44. The minimum absolute atomic E-state index is 0. The van der Waals surface area contributed by atoms with Crippen molar-refractivity contribution in [2.24, 2.45) is 0 Å². The summed E-state index contributed by atoms with van der Waals surface area (Å²) in [6.45, 7) is 0. The van der Waals surface area contributed by atoms with E-state index in [0.29, 0.717) is 5.56 Å². The van der Waals surface area contributed by atoms with Crippen LogP contribution in [0.5, 0.6) is 5.75 Å². The minimum Gasteiger partial charge on any atom is -0.872 e. The molecular formula is C16H12N4O3S2Zn. The first-order chi connectivity index (χ1) is 12.0. The number of nitrogens with one attached hydrogen (secondary N) is 3. The molecule has 0 bridgehead atoms. The monoisotopic (exact) mass is 436 g/mol. The predicted octanol–water partition coefficient (Wildman–Crippen LogP) is 0.721. The average Bonchev–Trinajstić information content (AvgIpc) is 2.61. The number of carbonyl (C=O) groups is 2. The molecule has 0 atom stereocenters. The molecule has 7 nitrogen and oxygen atoms in total. The average molecular weight is 438 g/mol. The second-order valence-electron chi connectivity index (χ2n) is 4.32. The number of thiocarbonyl (C=S) groups is 1. The molecule has 0 heterocycles. The van der Waals surface area contributed by atoms with Crippen molar-refractivity contribution in [1.82, 2.24) is 16.2 Å². The van der Waals surface area contributed by atoms with Crippen molar-refractivity contribution in [3.8, 4) is 11.2 Å². The zero-order valence-corrected chi connectivity index (χ0v) is 18.0. The van der Waals surface area contributed by atoms with Gasteiger partial charge in [0.05, 0.1) is 0 Å². The summed E-state index contributed by atoms with van der Waals surface area (Å²) in [5, 5.41) is 22.3. The maximum atomic E-state index is 11.8. The number of thiocyanates is 1. The van der Waals surface area contributed by atoms with Gasteiger partial charge in [0.25, 0.3) is 11.8 Å². The van der Waals surface area contributed by atoms with E-state index in [1.54, 1.807) is 36.4 Å². The van der Waals surface area contributed by atoms with E-state index in [1.807, 2.05) is 0 Å². The fourth-order valence-corrected chi connectivity index (χ4v) is 1.77. The van der Waals surface area contributed by atoms with Crippen molar-refractivity contribution >= 4 is 41.8 Å². The molecule has 0 spiro atoms. The Hall–Kier alpha value is -2.60. The number of benzene rings is 2. The molecule has 128 valence electrons. The summed E-state index contributed by atoms with van der Waals surface area (Å²) in [5.41, 5.74) is 5.03. The quantitative estimate of drug-likeness (QED) is 0.208. The fourth-order valence-electron chi connectivity index (χ4n) is 1.63. The standard InChI is InChI=1S/C15H13N3O3S.CHNS.Zn/c19-12-9-5-4-8-11(12)14(21)17-18-15(22)16-13(20)10-6-2-1-3-7-10;2-1-3;/h1-9,19H,(H,17,21)(H2,16,18,20,22);3H;/q;;+2/p-2. The van der Waals surface area contributed by atoms with Crippen molar-refractivity contribution in [3.63, 3.8) is 0 Å². The van der Waals surface area contributed by atoms with E-state index >= 15 is 0 Å². The van der Waals surface area contributed by atoms with Crippen LogP contribution in [0, 0.1) is 10.7 Å². The predicted molar refractivity (Wildman–Crippen MR) is 96.0 cm³/mol. The van der Waals surface area contributed by atoms with Crippen LogP contribution in [0.15, 0.2) is 54.6 Å². The molecule has 0 aliphatic rings. The van der Waals surface area contributed by atoms with Crippen LogP contribution >= 0.6 is 12.2 Å². The number of amides is 2. The number of nitrogens with zero attached hydrogens (tertiary/aromatic N) is 1. The SMILES string of the molecule is N#C[S-].O=C(NC(=S)NNC(=O)c1ccccc1[O-])c1ccccc1.[Zn+2]. The van der Waals surface area contributed by atoms with Crippen LogP contribution in [0.4, 0.5) is 0 Å². The van der Waals surface area contributed by atoms with Gasteiger partial charge in [0.1, 0.15) is 0 Å². The van der Waals surface area contributed by atoms with E-state index in [9.17, 15) is 14.7 Å². The van der Waals surface area contributed by atoms with Gasteiger partial charge in [0.2, 0.25) is 0 Å². The van der Waals surface area contributed by atoms with E-state index in [4.69, 9.17) is 17.5 Å². The normalized spacial score (nSPS) is 8.42. The summed E-state index contributed by atoms with van der Waals surface area (Å²) in [6.07, 6.45) is 0. The topological polar surface area (TPSA) is 117 Å². The van der Waals surface area contributed by atoms with Gasteiger partial charge in [-0.3, -0.25) is 25.8 Å². The number of rotatable bonds is 2. The molecule has 0 fully saturated rings. The molecule has 2 aromatic rings. The summed E-state index contributed by atoms with van der Waals surface area (Å²) >= 11 is 8.59. The van der Waals surface area contributed by atoms with E-state index in [2.05, 4.69) is 28.8 Å². The molecule has 0 aromatic heterocycles. The van der Waals surface area contributed by atoms with E-state index < -0.39 is 17.6 Å². The third-order valence-electron chi connectivity index (χ3n) is 2.68. The van der Waals surface area contributed by atoms with Gasteiger partial charge in [-0.25, -0.2) is 5.26 Å². The van der Waals surface area contributed by atoms with E-state index in [-0.39, 0.29) is 30.2 Å². The van der Waals surface area contributed by atoms with Crippen molar-refractivity contribution in [1.29, 1.82) is 5.26 Å². The third-order valence-corrected chi connectivity index (χ3v) is 2.89. The fraction of sp³-hybridized carbons (Fsp3) is 0. The van der Waals surface area contributed by atoms with Gasteiger partial charge >= 0.3 is 19.5 Å². The number of para-hydroxylation sites is 1. The van der Waals surface area contributed by atoms with Crippen molar-refractivity contribution in [2.75, 3.05) is 0 Å². The van der Waals surface area contributed by atoms with Crippen LogP contribution < -0.4 is 21.3 Å². The zero-order chi connectivity index (χ0) is 18.7. The second-order valence-corrected chi connectivity index (χ2v) is 4.91. The molecule has 2 aromatic carbocycles. The Morgan fingerprint density at radius 1 is 1.00 bits per heavy atom. The molecule has 2 amide bonds. The Morgan fingerprint density at radius 2 is 1.54 bits per heavy atom. The summed E-state index contributed by atoms with van der Waals surface area (Å²) in [4.78, 5) is 23.6. The van der Waals surface area contributed by atoms with Crippen molar-refractivity contribution in [2.45, 2.75) is 0 Å². The Balaban J connectivity index is 0.00000146. The zero-order valence-electron chi connectivity index (χ0n) is 13.4. The van der Waals surface area contributed by atoms with Gasteiger partial charge in [-0.1, -0.05) is 53.6 Å². The molecule has 0 unspecified atom stereocenters. The number of hydrogen-bond donors (Lipinski definition) is 3. The summed E-state index contributed by atoms with van der Waals surface area (Å²) < 4.78 is 0. The number of carbonyl (C=O) groups excluding carboxylic acids is 2. The number of hydrogen-bond acceptors (Lipinski definition) is 6. The van der Waals surface area contributed by atoms with Gasteiger partial charge < -0.3 is 17.7 Å². The van der Waals surface area contributed by atoms with Crippen LogP contribution in [0.1, 0.15) is 20.7 Å². The molecule has 10 heteroatoms. The number of nitriles is 1. The van der Waals surface area contributed by atoms with Crippen molar-refractivity contribution in [3.05, 3.63) is 65.7 Å². The van der Waals surface area contributed by atoms with E-state index in [1.165, 1.54) is 23.6 Å². The Kier molecular flexibility index (Phi) is 11.5. The van der Waals surface area contributed by atoms with Crippen LogP contribution in [0.3, 0.4) is 0 Å². The Bertz CT molecular complexity index is 798. The molecule has 0 saturated carbocycles. The van der Waals surface area contributed by atoms with E-state index in [0.717, 1.165) is 0 Å². The van der Waals surface area contributed by atoms with Crippen molar-refractivity contribution < 1.29 is 34.2 Å². The molecule has 3 N–H and O–H groups in total. The molecule has 2 rings (SSSR count). The van der Waals surface area contributed by atoms with Gasteiger partial charge in [0.15, 0.2) is 5.11 Å². The molecule has 0 aliphatic carbocycles. The molecule has 0 saturated heterocycles. The maximum Gasteiger partial charge on any atom is 2.00 e. The van der Waals surface area contributed by atoms with Crippen LogP contribution in [-0.2, 0) is 32.1 Å². The van der Waals surface area contributed by atoms with Gasteiger partial charge in [0, 0.05) is 11.1 Å². The third kappa shape index (κ3) is 7.99. The Morgan fingerprint density at radius 3 is 2.12 bits per heavy atom. The summed E-state index contributed by atoms with van der Waals surface area (Å²) in [7, 11) is 0. The first-order valence-electron chi connectivity index (χ1n) is 6.73. The van der Waals surface area contributed by atoms with Crippen LogP contribution in [0.25, 0.3) is 0 Å². The van der Waals surface area contributed by atoms with Crippen LogP contribution in [0.2, 0.25) is 0 Å². The number of hydrazine groups is 1. The summed E-state index contributed by atoms with van der Waals surface area (Å²) in [6, 6.07) is 14.3. The van der Waals surface area contributed by atoms with Crippen LogP contribution in [-0.4, -0.2) is 16.9 Å². The molecule has 26 heavy (non-hydrogen) atoms. The first kappa shape index (κ1) is 23.4. The first-order valence-corrected chi connectivity index (χ1v) is 7.55. The largest absolute Gasteiger partial charge is 2.00 e. The van der Waals surface area contributed by atoms with Gasteiger partial charge in [-0.15, -0.1) is 0 Å². The molecule has 0 aliphatic heterocycles. The smallest absolute Gasteiger partial charge is 0.872 e. The van der Waals surface area contributed by atoms with Gasteiger partial charge in [-0.2, -0.15) is 0 Å². The second kappa shape index (κ2) is 12.7. The molecular weight excluding hydrogens is 426 g/mol. The van der Waals surface area contributed by atoms with Gasteiger partial charge in [-0.05, 0) is 24.4 Å². The Labute approximate surface area is 173 Å². The minimum atomic E-state index is -0.637.